The zero-order chi connectivity index (χ0) is 21.4. The molecule has 0 spiro atoms. The quantitative estimate of drug-likeness (QED) is 0.384. The standard InChI is InChI=1S/C23H18Cl2N2O3/c1-12-8-13(2)20-19(9-12)27-23(30-20)14-4-6-16(7-5-14)26-22(28)17-10-15(24)11-18(25)21(17)29-3/h4-11H,1-3H3,(H,26,28). The lowest BCUT2D eigenvalue weighted by Crippen LogP contribution is -2.13. The van der Waals surface area contributed by atoms with Crippen LogP contribution >= 0.6 is 23.2 Å². The highest BCUT2D eigenvalue weighted by molar-refractivity contribution is 6.36. The van der Waals surface area contributed by atoms with Gasteiger partial charge in [-0.3, -0.25) is 4.79 Å². The average molecular weight is 441 g/mol. The van der Waals surface area contributed by atoms with Gasteiger partial charge >= 0.3 is 0 Å². The molecule has 30 heavy (non-hydrogen) atoms. The van der Waals surface area contributed by atoms with Gasteiger partial charge in [-0.15, -0.1) is 0 Å². The molecule has 0 aliphatic carbocycles. The molecular formula is C23H18Cl2N2O3. The number of ether oxygens (including phenoxy) is 1. The van der Waals surface area contributed by atoms with E-state index in [1.165, 1.54) is 19.2 Å². The molecule has 0 aliphatic rings. The van der Waals surface area contributed by atoms with Gasteiger partial charge in [0.1, 0.15) is 11.3 Å². The van der Waals surface area contributed by atoms with Crippen LogP contribution in [0.1, 0.15) is 21.5 Å². The first-order chi connectivity index (χ1) is 14.4. The van der Waals surface area contributed by atoms with E-state index < -0.39 is 0 Å². The smallest absolute Gasteiger partial charge is 0.259 e. The van der Waals surface area contributed by atoms with Gasteiger partial charge < -0.3 is 14.5 Å². The maximum absolute atomic E-state index is 12.7. The fraction of sp³-hybridized carbons (Fsp3) is 0.130. The van der Waals surface area contributed by atoms with Crippen molar-refractivity contribution in [3.8, 4) is 17.2 Å². The van der Waals surface area contributed by atoms with Crippen LogP contribution < -0.4 is 10.1 Å². The molecule has 7 heteroatoms. The molecule has 0 saturated heterocycles. The number of rotatable bonds is 4. The summed E-state index contributed by atoms with van der Waals surface area (Å²) in [5.74, 6) is 0.421. The number of anilines is 1. The largest absolute Gasteiger partial charge is 0.494 e. The molecule has 0 fully saturated rings. The number of amides is 1. The fourth-order valence-electron chi connectivity index (χ4n) is 3.33. The molecule has 3 aromatic carbocycles. The van der Waals surface area contributed by atoms with E-state index in [0.717, 1.165) is 27.8 Å². The van der Waals surface area contributed by atoms with Crippen molar-refractivity contribution in [2.24, 2.45) is 0 Å². The van der Waals surface area contributed by atoms with Gasteiger partial charge in [-0.25, -0.2) is 4.98 Å². The van der Waals surface area contributed by atoms with Crippen LogP contribution in [0, 0.1) is 13.8 Å². The number of aromatic nitrogens is 1. The highest BCUT2D eigenvalue weighted by Gasteiger charge is 2.17. The van der Waals surface area contributed by atoms with Crippen molar-refractivity contribution >= 4 is 45.9 Å². The van der Waals surface area contributed by atoms with Gasteiger partial charge in [-0.1, -0.05) is 29.3 Å². The van der Waals surface area contributed by atoms with Gasteiger partial charge in [-0.05, 0) is 67.4 Å². The molecule has 0 aliphatic heterocycles. The van der Waals surface area contributed by atoms with Crippen molar-refractivity contribution in [3.05, 3.63) is 75.3 Å². The van der Waals surface area contributed by atoms with Crippen LogP contribution in [0.4, 0.5) is 5.69 Å². The average Bonchev–Trinajstić information content (AvgIpc) is 3.12. The fourth-order valence-corrected chi connectivity index (χ4v) is 3.90. The van der Waals surface area contributed by atoms with Crippen LogP contribution in [0.15, 0.2) is 52.9 Å². The summed E-state index contributed by atoms with van der Waals surface area (Å²) < 4.78 is 11.2. The van der Waals surface area contributed by atoms with E-state index in [9.17, 15) is 4.79 Å². The van der Waals surface area contributed by atoms with Gasteiger partial charge in [0.05, 0.1) is 17.7 Å². The number of methoxy groups -OCH3 is 1. The third kappa shape index (κ3) is 3.86. The summed E-state index contributed by atoms with van der Waals surface area (Å²) in [6.45, 7) is 4.03. The monoisotopic (exact) mass is 440 g/mol. The number of halogens is 2. The minimum absolute atomic E-state index is 0.254. The molecular weight excluding hydrogens is 423 g/mol. The Labute approximate surface area is 183 Å². The summed E-state index contributed by atoms with van der Waals surface area (Å²) in [4.78, 5) is 17.3. The first-order valence-electron chi connectivity index (χ1n) is 9.18. The van der Waals surface area contributed by atoms with E-state index in [1.54, 1.807) is 12.1 Å². The number of carbonyl (C=O) groups excluding carboxylic acids is 1. The lowest BCUT2D eigenvalue weighted by atomic mass is 10.1. The number of hydrogen-bond donors (Lipinski definition) is 1. The van der Waals surface area contributed by atoms with Crippen molar-refractivity contribution in [1.82, 2.24) is 4.98 Å². The molecule has 0 saturated carbocycles. The second-order valence-electron chi connectivity index (χ2n) is 6.95. The second kappa shape index (κ2) is 8.01. The van der Waals surface area contributed by atoms with Crippen LogP contribution in [0.5, 0.6) is 5.75 Å². The molecule has 4 rings (SSSR count). The highest BCUT2D eigenvalue weighted by Crippen LogP contribution is 2.33. The topological polar surface area (TPSA) is 64.4 Å². The molecule has 152 valence electrons. The van der Waals surface area contributed by atoms with E-state index in [1.807, 2.05) is 32.0 Å². The number of nitrogens with zero attached hydrogens (tertiary/aromatic N) is 1. The third-order valence-corrected chi connectivity index (χ3v) is 5.17. The summed E-state index contributed by atoms with van der Waals surface area (Å²) in [7, 11) is 1.45. The van der Waals surface area contributed by atoms with Gasteiger partial charge in [0.25, 0.3) is 5.91 Å². The lowest BCUT2D eigenvalue weighted by molar-refractivity contribution is 0.102. The minimum Gasteiger partial charge on any atom is -0.494 e. The van der Waals surface area contributed by atoms with Crippen molar-refractivity contribution in [2.75, 3.05) is 12.4 Å². The Balaban J connectivity index is 1.59. The van der Waals surface area contributed by atoms with Crippen LogP contribution in [-0.2, 0) is 0 Å². The van der Waals surface area contributed by atoms with Crippen LogP contribution in [-0.4, -0.2) is 18.0 Å². The van der Waals surface area contributed by atoms with E-state index in [4.69, 9.17) is 32.4 Å². The molecule has 1 aromatic heterocycles. The number of oxazole rings is 1. The molecule has 4 aromatic rings. The van der Waals surface area contributed by atoms with E-state index in [0.29, 0.717) is 16.6 Å². The van der Waals surface area contributed by atoms with Gasteiger partial charge in [-0.2, -0.15) is 0 Å². The van der Waals surface area contributed by atoms with Crippen molar-refractivity contribution in [3.63, 3.8) is 0 Å². The summed E-state index contributed by atoms with van der Waals surface area (Å²) in [6.07, 6.45) is 0. The van der Waals surface area contributed by atoms with Gasteiger partial charge in [0, 0.05) is 16.3 Å². The number of nitrogens with one attached hydrogen (secondary N) is 1. The summed E-state index contributed by atoms with van der Waals surface area (Å²) >= 11 is 12.1. The van der Waals surface area contributed by atoms with E-state index in [-0.39, 0.29) is 22.2 Å². The molecule has 0 atom stereocenters. The van der Waals surface area contributed by atoms with Crippen molar-refractivity contribution < 1.29 is 13.9 Å². The predicted octanol–water partition coefficient (Wildman–Crippen LogP) is 6.68. The lowest BCUT2D eigenvalue weighted by Gasteiger charge is -2.11. The Bertz CT molecular complexity index is 1260. The SMILES string of the molecule is COc1c(Cl)cc(Cl)cc1C(=O)Nc1ccc(-c2nc3cc(C)cc(C)c3o2)cc1. The minimum atomic E-state index is -0.378. The maximum atomic E-state index is 12.7. The summed E-state index contributed by atoms with van der Waals surface area (Å²) in [5.41, 5.74) is 5.44. The van der Waals surface area contributed by atoms with Crippen LogP contribution in [0.25, 0.3) is 22.6 Å². The van der Waals surface area contributed by atoms with Crippen LogP contribution in [0.2, 0.25) is 10.0 Å². The molecule has 0 unspecified atom stereocenters. The summed E-state index contributed by atoms with van der Waals surface area (Å²) in [5, 5.41) is 3.44. The Kier molecular flexibility index (Phi) is 5.41. The van der Waals surface area contributed by atoms with Gasteiger partial charge in [0.2, 0.25) is 5.89 Å². The Morgan fingerprint density at radius 2 is 1.80 bits per heavy atom. The highest BCUT2D eigenvalue weighted by atomic mass is 35.5. The summed E-state index contributed by atoms with van der Waals surface area (Å²) in [6, 6.07) is 14.3. The number of benzene rings is 3. The molecule has 5 nitrogen and oxygen atoms in total. The first-order valence-corrected chi connectivity index (χ1v) is 9.94. The third-order valence-electron chi connectivity index (χ3n) is 4.67. The predicted molar refractivity (Wildman–Crippen MR) is 120 cm³/mol. The molecule has 1 heterocycles. The molecule has 1 amide bonds. The van der Waals surface area contributed by atoms with Crippen LogP contribution in [0.3, 0.4) is 0 Å². The van der Waals surface area contributed by atoms with E-state index in [2.05, 4.69) is 16.4 Å². The number of carbonyl (C=O) groups is 1. The number of hydrogen-bond acceptors (Lipinski definition) is 4. The maximum Gasteiger partial charge on any atom is 0.259 e. The molecule has 0 bridgehead atoms. The Hall–Kier alpha value is -3.02. The number of fused-ring (bicyclic) bond motifs is 1. The zero-order valence-corrected chi connectivity index (χ0v) is 18.1. The van der Waals surface area contributed by atoms with Crippen molar-refractivity contribution in [1.29, 1.82) is 0 Å². The zero-order valence-electron chi connectivity index (χ0n) is 16.5. The van der Waals surface area contributed by atoms with E-state index >= 15 is 0 Å². The number of aryl methyl sites for hydroxylation is 2. The molecule has 0 radical (unpaired) electrons. The van der Waals surface area contributed by atoms with Gasteiger partial charge in [0.15, 0.2) is 5.58 Å². The first kappa shape index (κ1) is 20.3. The molecule has 1 N–H and O–H groups in total. The Morgan fingerprint density at radius 1 is 1.07 bits per heavy atom. The Morgan fingerprint density at radius 3 is 2.50 bits per heavy atom. The normalized spacial score (nSPS) is 11.0. The second-order valence-corrected chi connectivity index (χ2v) is 7.79. The van der Waals surface area contributed by atoms with Crippen molar-refractivity contribution in [2.45, 2.75) is 13.8 Å².